The fraction of sp³-hybridized carbons (Fsp3) is 0.200. The first kappa shape index (κ1) is 14.0. The Balaban J connectivity index is 2.01. The minimum Gasteiger partial charge on any atom is -0.478 e. The molecule has 0 atom stereocenters. The van der Waals surface area contributed by atoms with Crippen LogP contribution in [-0.4, -0.2) is 22.6 Å². The summed E-state index contributed by atoms with van der Waals surface area (Å²) >= 11 is 0. The minimum absolute atomic E-state index is 0.191. The Morgan fingerprint density at radius 1 is 1.40 bits per heavy atom. The van der Waals surface area contributed by atoms with Gasteiger partial charge >= 0.3 is 5.97 Å². The highest BCUT2D eigenvalue weighted by molar-refractivity contribution is 5.93. The van der Waals surface area contributed by atoms with Crippen molar-refractivity contribution < 1.29 is 14.3 Å². The van der Waals surface area contributed by atoms with E-state index in [2.05, 4.69) is 10.3 Å². The highest BCUT2D eigenvalue weighted by Crippen LogP contribution is 2.14. The van der Waals surface area contributed by atoms with Crippen molar-refractivity contribution in [3.05, 3.63) is 59.2 Å². The van der Waals surface area contributed by atoms with Crippen LogP contribution in [0.3, 0.4) is 0 Å². The van der Waals surface area contributed by atoms with Gasteiger partial charge in [0.15, 0.2) is 0 Å². The number of aryl methyl sites for hydroxylation is 1. The maximum atomic E-state index is 13.0. The molecule has 0 bridgehead atoms. The zero-order valence-electron chi connectivity index (χ0n) is 11.1. The van der Waals surface area contributed by atoms with Gasteiger partial charge in [0.2, 0.25) is 0 Å². The van der Waals surface area contributed by atoms with E-state index in [1.54, 1.807) is 6.07 Å². The van der Waals surface area contributed by atoms with Crippen molar-refractivity contribution in [2.24, 2.45) is 0 Å². The summed E-state index contributed by atoms with van der Waals surface area (Å²) in [7, 11) is 0. The lowest BCUT2D eigenvalue weighted by Gasteiger charge is -2.10. The number of carboxylic acid groups (broad SMARTS) is 1. The average molecular weight is 274 g/mol. The van der Waals surface area contributed by atoms with Crippen LogP contribution < -0.4 is 5.32 Å². The molecule has 0 fully saturated rings. The van der Waals surface area contributed by atoms with E-state index >= 15 is 0 Å². The Morgan fingerprint density at radius 2 is 2.20 bits per heavy atom. The van der Waals surface area contributed by atoms with E-state index in [0.29, 0.717) is 18.7 Å². The van der Waals surface area contributed by atoms with Crippen molar-refractivity contribution in [2.45, 2.75) is 13.3 Å². The van der Waals surface area contributed by atoms with Gasteiger partial charge in [0.05, 0.1) is 17.4 Å². The van der Waals surface area contributed by atoms with Gasteiger partial charge in [0.25, 0.3) is 0 Å². The van der Waals surface area contributed by atoms with Gasteiger partial charge in [-0.15, -0.1) is 0 Å². The van der Waals surface area contributed by atoms with Crippen LogP contribution in [0, 0.1) is 12.7 Å². The van der Waals surface area contributed by atoms with E-state index in [0.717, 1.165) is 11.1 Å². The number of carboxylic acids is 1. The molecule has 0 unspecified atom stereocenters. The van der Waals surface area contributed by atoms with Crippen molar-refractivity contribution in [1.29, 1.82) is 0 Å². The van der Waals surface area contributed by atoms with E-state index in [9.17, 15) is 9.18 Å². The molecule has 0 aliphatic heterocycles. The molecule has 0 aliphatic carbocycles. The molecule has 4 nitrogen and oxygen atoms in total. The topological polar surface area (TPSA) is 62.2 Å². The summed E-state index contributed by atoms with van der Waals surface area (Å²) in [5, 5.41) is 12.1. The SMILES string of the molecule is Cc1cc(F)ccc1CCNc1cnccc1C(=O)O. The molecule has 0 spiro atoms. The molecule has 5 heteroatoms. The zero-order chi connectivity index (χ0) is 14.5. The van der Waals surface area contributed by atoms with Crippen LogP contribution in [-0.2, 0) is 6.42 Å². The Hall–Kier alpha value is -2.43. The number of rotatable bonds is 5. The lowest BCUT2D eigenvalue weighted by atomic mass is 10.1. The van der Waals surface area contributed by atoms with Crippen LogP contribution in [0.4, 0.5) is 10.1 Å². The standard InChI is InChI=1S/C15H15FN2O2/c1-10-8-12(16)3-2-11(10)4-7-18-14-9-17-6-5-13(14)15(19)20/h2-3,5-6,8-9,18H,4,7H2,1H3,(H,19,20). The normalized spacial score (nSPS) is 10.3. The fourth-order valence-corrected chi connectivity index (χ4v) is 1.99. The van der Waals surface area contributed by atoms with Crippen LogP contribution in [0.25, 0.3) is 0 Å². The Morgan fingerprint density at radius 3 is 2.90 bits per heavy atom. The second-order valence-electron chi connectivity index (χ2n) is 4.47. The largest absolute Gasteiger partial charge is 0.478 e. The summed E-state index contributed by atoms with van der Waals surface area (Å²) < 4.78 is 13.0. The number of pyridine rings is 1. The highest BCUT2D eigenvalue weighted by atomic mass is 19.1. The predicted molar refractivity (Wildman–Crippen MR) is 74.5 cm³/mol. The van der Waals surface area contributed by atoms with Crippen LogP contribution in [0.2, 0.25) is 0 Å². The maximum Gasteiger partial charge on any atom is 0.337 e. The summed E-state index contributed by atoms with van der Waals surface area (Å²) in [6, 6.07) is 6.11. The van der Waals surface area contributed by atoms with Crippen molar-refractivity contribution in [3.8, 4) is 0 Å². The number of aromatic carboxylic acids is 1. The molecule has 104 valence electrons. The molecule has 0 aliphatic rings. The minimum atomic E-state index is -0.993. The monoisotopic (exact) mass is 274 g/mol. The molecular formula is C15H15FN2O2. The molecule has 20 heavy (non-hydrogen) atoms. The quantitative estimate of drug-likeness (QED) is 0.880. The van der Waals surface area contributed by atoms with Gasteiger partial charge in [-0.25, -0.2) is 9.18 Å². The molecule has 1 heterocycles. The number of aromatic nitrogens is 1. The van der Waals surface area contributed by atoms with Gasteiger partial charge in [0.1, 0.15) is 5.82 Å². The maximum absolute atomic E-state index is 13.0. The number of hydrogen-bond donors (Lipinski definition) is 2. The fourth-order valence-electron chi connectivity index (χ4n) is 1.99. The van der Waals surface area contributed by atoms with Gasteiger partial charge in [-0.3, -0.25) is 4.98 Å². The van der Waals surface area contributed by atoms with E-state index < -0.39 is 5.97 Å². The first-order valence-corrected chi connectivity index (χ1v) is 6.24. The number of nitrogens with one attached hydrogen (secondary N) is 1. The molecule has 0 amide bonds. The second kappa shape index (κ2) is 6.14. The van der Waals surface area contributed by atoms with Gasteiger partial charge in [-0.1, -0.05) is 6.07 Å². The lowest BCUT2D eigenvalue weighted by Crippen LogP contribution is -2.10. The Kier molecular flexibility index (Phi) is 4.30. The van der Waals surface area contributed by atoms with Gasteiger partial charge < -0.3 is 10.4 Å². The highest BCUT2D eigenvalue weighted by Gasteiger charge is 2.09. The van der Waals surface area contributed by atoms with E-state index in [-0.39, 0.29) is 11.4 Å². The van der Waals surface area contributed by atoms with Crippen LogP contribution >= 0.6 is 0 Å². The molecule has 0 saturated heterocycles. The first-order valence-electron chi connectivity index (χ1n) is 6.24. The summed E-state index contributed by atoms with van der Waals surface area (Å²) in [4.78, 5) is 14.9. The second-order valence-corrected chi connectivity index (χ2v) is 4.47. The predicted octanol–water partition coefficient (Wildman–Crippen LogP) is 2.88. The summed E-state index contributed by atoms with van der Waals surface area (Å²) in [6.45, 7) is 2.41. The smallest absolute Gasteiger partial charge is 0.337 e. The molecular weight excluding hydrogens is 259 g/mol. The molecule has 0 radical (unpaired) electrons. The van der Waals surface area contributed by atoms with Crippen molar-refractivity contribution in [3.63, 3.8) is 0 Å². The van der Waals surface area contributed by atoms with Crippen LogP contribution in [0.1, 0.15) is 21.5 Å². The van der Waals surface area contributed by atoms with Crippen molar-refractivity contribution in [1.82, 2.24) is 4.98 Å². The van der Waals surface area contributed by atoms with E-state index in [1.807, 2.05) is 6.92 Å². The van der Waals surface area contributed by atoms with Gasteiger partial charge in [0, 0.05) is 12.7 Å². The van der Waals surface area contributed by atoms with E-state index in [1.165, 1.54) is 30.6 Å². The summed E-state index contributed by atoms with van der Waals surface area (Å²) in [5.41, 5.74) is 2.59. The Labute approximate surface area is 116 Å². The average Bonchev–Trinajstić information content (AvgIpc) is 2.41. The number of halogens is 1. The third-order valence-electron chi connectivity index (χ3n) is 3.07. The first-order chi connectivity index (χ1) is 9.58. The molecule has 2 aromatic rings. The third kappa shape index (κ3) is 3.32. The van der Waals surface area contributed by atoms with E-state index in [4.69, 9.17) is 5.11 Å². The molecule has 2 rings (SSSR count). The van der Waals surface area contributed by atoms with Gasteiger partial charge in [-0.2, -0.15) is 0 Å². The number of anilines is 1. The number of carbonyl (C=O) groups is 1. The van der Waals surface area contributed by atoms with Gasteiger partial charge in [-0.05, 0) is 42.7 Å². The van der Waals surface area contributed by atoms with Crippen molar-refractivity contribution in [2.75, 3.05) is 11.9 Å². The molecule has 1 aromatic heterocycles. The number of hydrogen-bond acceptors (Lipinski definition) is 3. The summed E-state index contributed by atoms with van der Waals surface area (Å²) in [5.74, 6) is -1.24. The lowest BCUT2D eigenvalue weighted by molar-refractivity contribution is 0.0698. The third-order valence-corrected chi connectivity index (χ3v) is 3.07. The molecule has 2 N–H and O–H groups in total. The van der Waals surface area contributed by atoms with Crippen molar-refractivity contribution >= 4 is 11.7 Å². The zero-order valence-corrected chi connectivity index (χ0v) is 11.1. The van der Waals surface area contributed by atoms with Crippen LogP contribution in [0.5, 0.6) is 0 Å². The number of benzene rings is 1. The molecule has 1 aromatic carbocycles. The number of nitrogens with zero attached hydrogens (tertiary/aromatic N) is 1. The van der Waals surface area contributed by atoms with Crippen LogP contribution in [0.15, 0.2) is 36.7 Å². The Bertz CT molecular complexity index is 629. The summed E-state index contributed by atoms with van der Waals surface area (Å²) in [6.07, 6.45) is 3.61. The molecule has 0 saturated carbocycles.